The molecule has 20 heavy (non-hydrogen) atoms. The van der Waals surface area contributed by atoms with E-state index in [-0.39, 0.29) is 0 Å². The predicted octanol–water partition coefficient (Wildman–Crippen LogP) is 3.82. The van der Waals surface area contributed by atoms with Gasteiger partial charge in [0.2, 0.25) is 0 Å². The topological polar surface area (TPSA) is 35.0 Å². The van der Waals surface area contributed by atoms with E-state index < -0.39 is 0 Å². The van der Waals surface area contributed by atoms with E-state index in [1.54, 1.807) is 13.3 Å². The SMILES string of the molecule is COc1ccc(-c2nccc(-c3ccccc3)n2)cc1. The Labute approximate surface area is 117 Å². The summed E-state index contributed by atoms with van der Waals surface area (Å²) in [5.74, 6) is 1.54. The summed E-state index contributed by atoms with van der Waals surface area (Å²) in [5.41, 5.74) is 2.99. The van der Waals surface area contributed by atoms with Gasteiger partial charge in [-0.1, -0.05) is 30.3 Å². The summed E-state index contributed by atoms with van der Waals surface area (Å²) < 4.78 is 5.16. The van der Waals surface area contributed by atoms with Crippen molar-refractivity contribution in [2.24, 2.45) is 0 Å². The Morgan fingerprint density at radius 1 is 0.800 bits per heavy atom. The Morgan fingerprint density at radius 3 is 2.25 bits per heavy atom. The highest BCUT2D eigenvalue weighted by molar-refractivity contribution is 5.63. The molecule has 0 amide bonds. The van der Waals surface area contributed by atoms with Crippen LogP contribution in [0.4, 0.5) is 0 Å². The average Bonchev–Trinajstić information content (AvgIpc) is 2.56. The summed E-state index contributed by atoms with van der Waals surface area (Å²) in [6.07, 6.45) is 1.79. The third-order valence-corrected chi connectivity index (χ3v) is 3.07. The first kappa shape index (κ1) is 12.4. The fourth-order valence-corrected chi connectivity index (χ4v) is 2.01. The summed E-state index contributed by atoms with van der Waals surface area (Å²) in [6, 6.07) is 19.8. The molecule has 0 aliphatic heterocycles. The Kier molecular flexibility index (Phi) is 3.42. The normalized spacial score (nSPS) is 10.2. The van der Waals surface area contributed by atoms with Gasteiger partial charge in [0.05, 0.1) is 12.8 Å². The average molecular weight is 262 g/mol. The van der Waals surface area contributed by atoms with Gasteiger partial charge in [0.15, 0.2) is 5.82 Å². The molecule has 0 N–H and O–H groups in total. The maximum atomic E-state index is 5.16. The van der Waals surface area contributed by atoms with Crippen molar-refractivity contribution in [3.8, 4) is 28.4 Å². The Morgan fingerprint density at radius 2 is 1.55 bits per heavy atom. The molecule has 0 spiro atoms. The molecule has 3 rings (SSSR count). The van der Waals surface area contributed by atoms with Gasteiger partial charge in [0, 0.05) is 17.3 Å². The highest BCUT2D eigenvalue weighted by Crippen LogP contribution is 2.22. The molecule has 98 valence electrons. The largest absolute Gasteiger partial charge is 0.497 e. The van der Waals surface area contributed by atoms with E-state index in [1.807, 2.05) is 60.7 Å². The van der Waals surface area contributed by atoms with Crippen molar-refractivity contribution in [2.75, 3.05) is 7.11 Å². The van der Waals surface area contributed by atoms with E-state index in [4.69, 9.17) is 4.74 Å². The molecule has 1 aromatic heterocycles. The molecule has 0 saturated carbocycles. The molecular formula is C17H14N2O. The van der Waals surface area contributed by atoms with Crippen molar-refractivity contribution in [1.29, 1.82) is 0 Å². The van der Waals surface area contributed by atoms with Crippen LogP contribution in [0.5, 0.6) is 5.75 Å². The number of methoxy groups -OCH3 is 1. The van der Waals surface area contributed by atoms with Gasteiger partial charge >= 0.3 is 0 Å². The minimum atomic E-state index is 0.717. The Bertz CT molecular complexity index is 694. The van der Waals surface area contributed by atoms with Gasteiger partial charge < -0.3 is 4.74 Å². The van der Waals surface area contributed by atoms with Crippen LogP contribution in [0.1, 0.15) is 0 Å². The molecule has 0 saturated heterocycles. The zero-order chi connectivity index (χ0) is 13.8. The van der Waals surface area contributed by atoms with Crippen molar-refractivity contribution in [3.63, 3.8) is 0 Å². The van der Waals surface area contributed by atoms with Gasteiger partial charge in [0.25, 0.3) is 0 Å². The van der Waals surface area contributed by atoms with Crippen LogP contribution in [-0.4, -0.2) is 17.1 Å². The standard InChI is InChI=1S/C17H14N2O/c1-20-15-9-7-14(8-10-15)17-18-12-11-16(19-17)13-5-3-2-4-6-13/h2-12H,1H3. The third kappa shape index (κ3) is 2.52. The fraction of sp³-hybridized carbons (Fsp3) is 0.0588. The van der Waals surface area contributed by atoms with Crippen LogP contribution >= 0.6 is 0 Å². The Balaban J connectivity index is 1.98. The minimum absolute atomic E-state index is 0.717. The number of rotatable bonds is 3. The number of hydrogen-bond donors (Lipinski definition) is 0. The highest BCUT2D eigenvalue weighted by Gasteiger charge is 2.04. The van der Waals surface area contributed by atoms with E-state index in [0.29, 0.717) is 5.82 Å². The zero-order valence-electron chi connectivity index (χ0n) is 11.2. The smallest absolute Gasteiger partial charge is 0.159 e. The molecule has 0 unspecified atom stereocenters. The molecule has 3 aromatic rings. The number of ether oxygens (including phenoxy) is 1. The lowest BCUT2D eigenvalue weighted by atomic mass is 10.1. The highest BCUT2D eigenvalue weighted by atomic mass is 16.5. The van der Waals surface area contributed by atoms with Crippen molar-refractivity contribution in [2.45, 2.75) is 0 Å². The summed E-state index contributed by atoms with van der Waals surface area (Å²) in [4.78, 5) is 8.96. The zero-order valence-corrected chi connectivity index (χ0v) is 11.2. The molecule has 1 heterocycles. The lowest BCUT2D eigenvalue weighted by Crippen LogP contribution is -1.91. The van der Waals surface area contributed by atoms with Gasteiger partial charge in [-0.3, -0.25) is 0 Å². The quantitative estimate of drug-likeness (QED) is 0.719. The maximum Gasteiger partial charge on any atom is 0.159 e. The van der Waals surface area contributed by atoms with Crippen LogP contribution in [0.2, 0.25) is 0 Å². The molecule has 0 aliphatic carbocycles. The molecule has 0 fully saturated rings. The number of hydrogen-bond acceptors (Lipinski definition) is 3. The van der Waals surface area contributed by atoms with Crippen LogP contribution in [0.15, 0.2) is 66.9 Å². The molecule has 0 bridgehead atoms. The van der Waals surface area contributed by atoms with Crippen LogP contribution in [-0.2, 0) is 0 Å². The monoisotopic (exact) mass is 262 g/mol. The van der Waals surface area contributed by atoms with Gasteiger partial charge in [-0.15, -0.1) is 0 Å². The second-order valence-electron chi connectivity index (χ2n) is 4.36. The van der Waals surface area contributed by atoms with Gasteiger partial charge in [0.1, 0.15) is 5.75 Å². The molecule has 3 heteroatoms. The van der Waals surface area contributed by atoms with Crippen molar-refractivity contribution < 1.29 is 4.74 Å². The van der Waals surface area contributed by atoms with Gasteiger partial charge in [-0.2, -0.15) is 0 Å². The molecule has 0 aliphatic rings. The summed E-state index contributed by atoms with van der Waals surface area (Å²) in [7, 11) is 1.65. The number of benzene rings is 2. The lowest BCUT2D eigenvalue weighted by Gasteiger charge is -2.05. The van der Waals surface area contributed by atoms with E-state index >= 15 is 0 Å². The predicted molar refractivity (Wildman–Crippen MR) is 79.5 cm³/mol. The van der Waals surface area contributed by atoms with Crippen molar-refractivity contribution in [3.05, 3.63) is 66.9 Å². The summed E-state index contributed by atoms with van der Waals surface area (Å²) >= 11 is 0. The minimum Gasteiger partial charge on any atom is -0.497 e. The van der Waals surface area contributed by atoms with Crippen LogP contribution in [0, 0.1) is 0 Å². The van der Waals surface area contributed by atoms with Crippen LogP contribution in [0.25, 0.3) is 22.6 Å². The molecule has 3 nitrogen and oxygen atoms in total. The third-order valence-electron chi connectivity index (χ3n) is 3.07. The number of aromatic nitrogens is 2. The van der Waals surface area contributed by atoms with Gasteiger partial charge in [-0.05, 0) is 30.3 Å². The van der Waals surface area contributed by atoms with E-state index in [2.05, 4.69) is 9.97 Å². The van der Waals surface area contributed by atoms with Crippen molar-refractivity contribution in [1.82, 2.24) is 9.97 Å². The first-order valence-electron chi connectivity index (χ1n) is 6.40. The van der Waals surface area contributed by atoms with E-state index in [1.165, 1.54) is 0 Å². The van der Waals surface area contributed by atoms with E-state index in [9.17, 15) is 0 Å². The number of nitrogens with zero attached hydrogens (tertiary/aromatic N) is 2. The fourth-order valence-electron chi connectivity index (χ4n) is 2.01. The van der Waals surface area contributed by atoms with E-state index in [0.717, 1.165) is 22.6 Å². The Hall–Kier alpha value is -2.68. The molecular weight excluding hydrogens is 248 g/mol. The van der Waals surface area contributed by atoms with Crippen molar-refractivity contribution >= 4 is 0 Å². The molecule has 0 atom stereocenters. The molecule has 2 aromatic carbocycles. The van der Waals surface area contributed by atoms with Crippen LogP contribution in [0.3, 0.4) is 0 Å². The second kappa shape index (κ2) is 5.53. The second-order valence-corrected chi connectivity index (χ2v) is 4.36. The first-order valence-corrected chi connectivity index (χ1v) is 6.40. The maximum absolute atomic E-state index is 5.16. The molecule has 0 radical (unpaired) electrons. The summed E-state index contributed by atoms with van der Waals surface area (Å²) in [5, 5.41) is 0. The van der Waals surface area contributed by atoms with Crippen LogP contribution < -0.4 is 4.74 Å². The summed E-state index contributed by atoms with van der Waals surface area (Å²) in [6.45, 7) is 0. The van der Waals surface area contributed by atoms with Gasteiger partial charge in [-0.25, -0.2) is 9.97 Å². The first-order chi connectivity index (χ1) is 9.86. The lowest BCUT2D eigenvalue weighted by molar-refractivity contribution is 0.415.